The molecule has 29 heavy (non-hydrogen) atoms. The Morgan fingerprint density at radius 2 is 1.83 bits per heavy atom. The molecule has 0 aromatic heterocycles. The van der Waals surface area contributed by atoms with Gasteiger partial charge in [-0.2, -0.15) is 0 Å². The van der Waals surface area contributed by atoms with Crippen LogP contribution >= 0.6 is 11.6 Å². The highest BCUT2D eigenvalue weighted by molar-refractivity contribution is 6.32. The molecule has 2 aromatic carbocycles. The van der Waals surface area contributed by atoms with E-state index in [0.29, 0.717) is 41.8 Å². The zero-order valence-corrected chi connectivity index (χ0v) is 18.2. The minimum absolute atomic E-state index is 0.237. The van der Waals surface area contributed by atoms with Crippen molar-refractivity contribution in [2.45, 2.75) is 19.9 Å². The smallest absolute Gasteiger partial charge is 0.251 e. The molecule has 6 nitrogen and oxygen atoms in total. The van der Waals surface area contributed by atoms with Crippen LogP contribution in [0.4, 0.5) is 0 Å². The standard InChI is InChI=1S/C22H29ClN2O4/c1-5-11-29-21-19(23)13-17(14-20(21)27-4)22(26)24-15-16-6-8-18(9-7-16)28-12-10-25(2)3/h6-9,13-14H,5,10-12,15H2,1-4H3,(H,24,26). The van der Waals surface area contributed by atoms with E-state index < -0.39 is 0 Å². The van der Waals surface area contributed by atoms with E-state index in [1.807, 2.05) is 45.3 Å². The molecule has 2 aromatic rings. The largest absolute Gasteiger partial charge is 0.493 e. The third-order valence-corrected chi connectivity index (χ3v) is 4.41. The molecule has 0 heterocycles. The van der Waals surface area contributed by atoms with E-state index in [0.717, 1.165) is 24.3 Å². The van der Waals surface area contributed by atoms with Crippen molar-refractivity contribution in [3.63, 3.8) is 0 Å². The van der Waals surface area contributed by atoms with Crippen molar-refractivity contribution in [2.75, 3.05) is 41.0 Å². The SMILES string of the molecule is CCCOc1c(Cl)cc(C(=O)NCc2ccc(OCCN(C)C)cc2)cc1OC. The van der Waals surface area contributed by atoms with Gasteiger partial charge in [-0.3, -0.25) is 4.79 Å². The summed E-state index contributed by atoms with van der Waals surface area (Å²) in [6.07, 6.45) is 0.848. The van der Waals surface area contributed by atoms with Gasteiger partial charge in [-0.1, -0.05) is 30.7 Å². The molecule has 158 valence electrons. The number of ether oxygens (including phenoxy) is 3. The number of carbonyl (C=O) groups is 1. The lowest BCUT2D eigenvalue weighted by Gasteiger charge is -2.14. The second-order valence-corrected chi connectivity index (χ2v) is 7.22. The number of benzene rings is 2. The van der Waals surface area contributed by atoms with Gasteiger partial charge in [0.25, 0.3) is 5.91 Å². The number of hydrogen-bond acceptors (Lipinski definition) is 5. The topological polar surface area (TPSA) is 60.0 Å². The van der Waals surface area contributed by atoms with Gasteiger partial charge in [0.15, 0.2) is 11.5 Å². The predicted octanol–water partition coefficient (Wildman–Crippen LogP) is 4.01. The summed E-state index contributed by atoms with van der Waals surface area (Å²) < 4.78 is 16.6. The van der Waals surface area contributed by atoms with Gasteiger partial charge in [0.1, 0.15) is 12.4 Å². The minimum Gasteiger partial charge on any atom is -0.493 e. The molecule has 0 atom stereocenters. The Bertz CT molecular complexity index is 794. The quantitative estimate of drug-likeness (QED) is 0.595. The Labute approximate surface area is 177 Å². The summed E-state index contributed by atoms with van der Waals surface area (Å²) in [5.74, 6) is 1.47. The molecule has 0 radical (unpaired) electrons. The highest BCUT2D eigenvalue weighted by Crippen LogP contribution is 2.36. The van der Waals surface area contributed by atoms with E-state index in [1.165, 1.54) is 7.11 Å². The van der Waals surface area contributed by atoms with Gasteiger partial charge in [0.2, 0.25) is 0 Å². The molecule has 0 aliphatic rings. The number of hydrogen-bond donors (Lipinski definition) is 1. The van der Waals surface area contributed by atoms with E-state index in [1.54, 1.807) is 12.1 Å². The Morgan fingerprint density at radius 1 is 1.10 bits per heavy atom. The van der Waals surface area contributed by atoms with Gasteiger partial charge < -0.3 is 24.4 Å². The molecule has 1 amide bonds. The van der Waals surface area contributed by atoms with Gasteiger partial charge in [0, 0.05) is 18.7 Å². The van der Waals surface area contributed by atoms with Crippen LogP contribution in [0.25, 0.3) is 0 Å². The molecule has 0 bridgehead atoms. The number of nitrogens with one attached hydrogen (secondary N) is 1. The zero-order chi connectivity index (χ0) is 21.2. The maximum Gasteiger partial charge on any atom is 0.251 e. The van der Waals surface area contributed by atoms with Gasteiger partial charge in [-0.25, -0.2) is 0 Å². The number of carbonyl (C=O) groups excluding carboxylic acids is 1. The number of amides is 1. The molecule has 0 unspecified atom stereocenters. The van der Waals surface area contributed by atoms with Crippen molar-refractivity contribution in [1.29, 1.82) is 0 Å². The molecule has 0 saturated carbocycles. The van der Waals surface area contributed by atoms with E-state index in [9.17, 15) is 4.79 Å². The number of nitrogens with zero attached hydrogens (tertiary/aromatic N) is 1. The molecule has 2 rings (SSSR count). The van der Waals surface area contributed by atoms with Crippen LogP contribution in [0.1, 0.15) is 29.3 Å². The highest BCUT2D eigenvalue weighted by Gasteiger charge is 2.15. The third-order valence-electron chi connectivity index (χ3n) is 4.13. The van der Waals surface area contributed by atoms with Gasteiger partial charge >= 0.3 is 0 Å². The second kappa shape index (κ2) is 11.5. The van der Waals surface area contributed by atoms with Gasteiger partial charge in [0.05, 0.1) is 18.7 Å². The molecular formula is C22H29ClN2O4. The normalized spacial score (nSPS) is 10.7. The van der Waals surface area contributed by atoms with Crippen LogP contribution in [-0.2, 0) is 6.54 Å². The van der Waals surface area contributed by atoms with Crippen LogP contribution in [0.15, 0.2) is 36.4 Å². The van der Waals surface area contributed by atoms with E-state index in [-0.39, 0.29) is 5.91 Å². The lowest BCUT2D eigenvalue weighted by Crippen LogP contribution is -2.23. The zero-order valence-electron chi connectivity index (χ0n) is 17.5. The first-order chi connectivity index (χ1) is 13.9. The van der Waals surface area contributed by atoms with E-state index in [2.05, 4.69) is 10.2 Å². The van der Waals surface area contributed by atoms with Crippen molar-refractivity contribution < 1.29 is 19.0 Å². The highest BCUT2D eigenvalue weighted by atomic mass is 35.5. The second-order valence-electron chi connectivity index (χ2n) is 6.82. The fraction of sp³-hybridized carbons (Fsp3) is 0.409. The predicted molar refractivity (Wildman–Crippen MR) is 115 cm³/mol. The lowest BCUT2D eigenvalue weighted by molar-refractivity contribution is 0.0950. The Balaban J connectivity index is 1.95. The van der Waals surface area contributed by atoms with Crippen LogP contribution in [0, 0.1) is 0 Å². The molecular weight excluding hydrogens is 392 g/mol. The number of rotatable bonds is 11. The van der Waals surface area contributed by atoms with Crippen LogP contribution in [0.5, 0.6) is 17.2 Å². The van der Waals surface area contributed by atoms with Crippen LogP contribution in [0.2, 0.25) is 5.02 Å². The van der Waals surface area contributed by atoms with E-state index >= 15 is 0 Å². The third kappa shape index (κ3) is 7.15. The van der Waals surface area contributed by atoms with Crippen molar-refractivity contribution in [3.8, 4) is 17.2 Å². The Hall–Kier alpha value is -2.44. The maximum atomic E-state index is 12.5. The van der Waals surface area contributed by atoms with Crippen LogP contribution in [-0.4, -0.2) is 51.8 Å². The average molecular weight is 421 g/mol. The molecule has 0 saturated heterocycles. The Morgan fingerprint density at radius 3 is 2.45 bits per heavy atom. The summed E-state index contributed by atoms with van der Waals surface area (Å²) in [6, 6.07) is 10.9. The van der Waals surface area contributed by atoms with Crippen molar-refractivity contribution in [2.24, 2.45) is 0 Å². The summed E-state index contributed by atoms with van der Waals surface area (Å²) in [7, 11) is 5.53. The summed E-state index contributed by atoms with van der Waals surface area (Å²) in [4.78, 5) is 14.6. The fourth-order valence-electron chi connectivity index (χ4n) is 2.53. The van der Waals surface area contributed by atoms with E-state index in [4.69, 9.17) is 25.8 Å². The first kappa shape index (κ1) is 22.8. The Kier molecular flexibility index (Phi) is 9.09. The maximum absolute atomic E-state index is 12.5. The summed E-state index contributed by atoms with van der Waals surface area (Å²) in [5.41, 5.74) is 1.39. The number of halogens is 1. The molecule has 1 N–H and O–H groups in total. The molecule has 0 fully saturated rings. The summed E-state index contributed by atoms with van der Waals surface area (Å²) >= 11 is 6.29. The number of likely N-dealkylation sites (N-methyl/N-ethyl adjacent to an activating group) is 1. The molecule has 0 aliphatic heterocycles. The molecule has 7 heteroatoms. The lowest BCUT2D eigenvalue weighted by atomic mass is 10.1. The average Bonchev–Trinajstić information content (AvgIpc) is 2.71. The van der Waals surface area contributed by atoms with Crippen molar-refractivity contribution in [1.82, 2.24) is 10.2 Å². The van der Waals surface area contributed by atoms with Crippen molar-refractivity contribution >= 4 is 17.5 Å². The first-order valence-corrected chi connectivity index (χ1v) is 9.97. The molecule has 0 spiro atoms. The van der Waals surface area contributed by atoms with Crippen LogP contribution in [0.3, 0.4) is 0 Å². The monoisotopic (exact) mass is 420 g/mol. The number of methoxy groups -OCH3 is 1. The van der Waals surface area contributed by atoms with Gasteiger partial charge in [-0.05, 0) is 50.3 Å². The van der Waals surface area contributed by atoms with Crippen molar-refractivity contribution in [3.05, 3.63) is 52.5 Å². The summed E-state index contributed by atoms with van der Waals surface area (Å²) in [5, 5.41) is 3.24. The van der Waals surface area contributed by atoms with Gasteiger partial charge in [-0.15, -0.1) is 0 Å². The fourth-order valence-corrected chi connectivity index (χ4v) is 2.79. The first-order valence-electron chi connectivity index (χ1n) is 9.59. The minimum atomic E-state index is -0.237. The van der Waals surface area contributed by atoms with Crippen LogP contribution < -0.4 is 19.5 Å². The summed E-state index contributed by atoms with van der Waals surface area (Å²) in [6.45, 7) is 4.40. The molecule has 0 aliphatic carbocycles.